The largest absolute Gasteiger partial charge is 0.451 e. The van der Waals surface area contributed by atoms with Gasteiger partial charge in [0.05, 0.1) is 32.9 Å². The molecule has 0 saturated heterocycles. The molecular weight excluding hydrogens is 957 g/mol. The molecule has 11 aromatic carbocycles. The van der Waals surface area contributed by atoms with Crippen LogP contribution in [0.15, 0.2) is 253 Å². The molecule has 2 aromatic heterocycles. The van der Waals surface area contributed by atoms with E-state index in [9.17, 15) is 0 Å². The summed E-state index contributed by atoms with van der Waals surface area (Å²) in [6, 6.07) is 85.3. The quantitative estimate of drug-likeness (QED) is 0.137. The second-order valence-corrected chi connectivity index (χ2v) is 19.8. The molecule has 15 rings (SSSR count). The van der Waals surface area contributed by atoms with Crippen LogP contribution in [-0.4, -0.2) is 9.13 Å². The molecule has 8 nitrogen and oxygen atoms in total. The summed E-state index contributed by atoms with van der Waals surface area (Å²) in [5, 5.41) is 5.63. The third-order valence-corrected chi connectivity index (χ3v) is 15.5. The maximum absolute atomic E-state index is 7.65. The fraction of sp³-hybridized carbons (Fsp3) is 0.0571. The number of benzene rings is 11. The molecule has 0 unspecified atom stereocenters. The summed E-state index contributed by atoms with van der Waals surface area (Å²) >= 11 is 0. The SMILES string of the molecule is CCn1c2ccccc2c2c3c(ccc21)N=c1c(c(-c2ccc(N(c4ccccc4)c4ccccc4)cc2)c2c(c1-c1ccc(N(c4ccccc4)c4ccccc4)cc1)Oc1c(ccc4c1c1ccccc1n4CC)N=2)O3. The lowest BCUT2D eigenvalue weighted by molar-refractivity contribution is 0.460. The van der Waals surface area contributed by atoms with Crippen LogP contribution in [0.25, 0.3) is 65.9 Å². The van der Waals surface area contributed by atoms with Crippen molar-refractivity contribution >= 4 is 89.1 Å². The fourth-order valence-corrected chi connectivity index (χ4v) is 12.1. The third-order valence-electron chi connectivity index (χ3n) is 15.5. The van der Waals surface area contributed by atoms with Gasteiger partial charge in [0.1, 0.15) is 22.1 Å². The maximum Gasteiger partial charge on any atom is 0.164 e. The summed E-state index contributed by atoms with van der Waals surface area (Å²) in [6.07, 6.45) is 0. The number of hydrogen-bond donors (Lipinski definition) is 0. The average Bonchev–Trinajstić information content (AvgIpc) is 4.20. The van der Waals surface area contributed by atoms with Gasteiger partial charge in [-0.05, 0) is 134 Å². The van der Waals surface area contributed by atoms with Gasteiger partial charge in [0.25, 0.3) is 0 Å². The predicted octanol–water partition coefficient (Wildman–Crippen LogP) is 18.3. The maximum atomic E-state index is 7.65. The highest BCUT2D eigenvalue weighted by molar-refractivity contribution is 6.14. The van der Waals surface area contributed by atoms with Crippen LogP contribution in [0.3, 0.4) is 0 Å². The molecule has 78 heavy (non-hydrogen) atoms. The lowest BCUT2D eigenvalue weighted by Gasteiger charge is -2.27. The summed E-state index contributed by atoms with van der Waals surface area (Å²) in [6.45, 7) is 5.99. The van der Waals surface area contributed by atoms with Crippen LogP contribution in [-0.2, 0) is 13.1 Å². The van der Waals surface area contributed by atoms with E-state index in [0.717, 1.165) is 136 Å². The van der Waals surface area contributed by atoms with Crippen molar-refractivity contribution in [3.63, 3.8) is 0 Å². The summed E-state index contributed by atoms with van der Waals surface area (Å²) in [7, 11) is 0. The van der Waals surface area contributed by atoms with E-state index in [2.05, 4.69) is 275 Å². The molecule has 13 aromatic rings. The monoisotopic (exact) mass is 1010 g/mol. The van der Waals surface area contributed by atoms with Crippen LogP contribution in [0, 0.1) is 0 Å². The van der Waals surface area contributed by atoms with Crippen molar-refractivity contribution in [1.82, 2.24) is 9.13 Å². The van der Waals surface area contributed by atoms with E-state index in [4.69, 9.17) is 19.5 Å². The van der Waals surface area contributed by atoms with Crippen LogP contribution in [0.4, 0.5) is 45.5 Å². The van der Waals surface area contributed by atoms with E-state index >= 15 is 0 Å². The summed E-state index contributed by atoms with van der Waals surface area (Å²) in [5.74, 6) is 2.67. The molecule has 0 amide bonds. The lowest BCUT2D eigenvalue weighted by Crippen LogP contribution is -2.25. The molecule has 0 aliphatic carbocycles. The Kier molecular flexibility index (Phi) is 10.6. The zero-order valence-electron chi connectivity index (χ0n) is 43.0. The Hall–Kier alpha value is -10.2. The van der Waals surface area contributed by atoms with Gasteiger partial charge in [-0.15, -0.1) is 0 Å². The van der Waals surface area contributed by atoms with Crippen molar-refractivity contribution in [3.05, 3.63) is 253 Å². The van der Waals surface area contributed by atoms with Crippen molar-refractivity contribution in [2.24, 2.45) is 9.98 Å². The molecule has 0 saturated carbocycles. The van der Waals surface area contributed by atoms with Gasteiger partial charge in [0, 0.05) is 69.0 Å². The molecule has 0 fully saturated rings. The zero-order chi connectivity index (χ0) is 51.8. The molecule has 0 spiro atoms. The van der Waals surface area contributed by atoms with Crippen LogP contribution in [0.5, 0.6) is 23.0 Å². The molecular formula is C70H50N6O2. The second-order valence-electron chi connectivity index (χ2n) is 19.8. The lowest BCUT2D eigenvalue weighted by atomic mass is 9.94. The van der Waals surface area contributed by atoms with Crippen molar-refractivity contribution in [1.29, 1.82) is 0 Å². The van der Waals surface area contributed by atoms with Crippen molar-refractivity contribution in [2.75, 3.05) is 9.80 Å². The van der Waals surface area contributed by atoms with Gasteiger partial charge in [-0.3, -0.25) is 0 Å². The minimum atomic E-state index is 0.617. The second kappa shape index (κ2) is 18.3. The normalized spacial score (nSPS) is 12.2. The van der Waals surface area contributed by atoms with E-state index in [1.807, 2.05) is 0 Å². The van der Waals surface area contributed by atoms with Gasteiger partial charge in [-0.2, -0.15) is 0 Å². The standard InChI is InChI=1S/C70H50N6O2/c1-3-73-57-31-19-17-29-53(57)63-59(73)43-41-55-67(63)77-69-61(45-33-37-51(38-34-45)75(47-21-9-5-10-22-47)48-23-11-6-12-24-48)66-70(78-68-56(72-66)42-44-60-64(68)54-30-18-20-32-58(54)74(60)4-2)62(65(69)71-55)46-35-39-52(40-36-46)76(49-25-13-7-14-26-49)50-27-15-8-16-28-50/h5-44H,3-4H2,1-2H3. The van der Waals surface area contributed by atoms with Crippen molar-refractivity contribution in [2.45, 2.75) is 26.9 Å². The molecule has 2 aliphatic rings. The first-order valence-electron chi connectivity index (χ1n) is 26.8. The highest BCUT2D eigenvalue weighted by Crippen LogP contribution is 2.52. The molecule has 372 valence electrons. The van der Waals surface area contributed by atoms with Gasteiger partial charge < -0.3 is 28.4 Å². The first-order chi connectivity index (χ1) is 38.6. The Balaban J connectivity index is 1.02. The number of hydrogen-bond acceptors (Lipinski definition) is 6. The topological polar surface area (TPSA) is 59.5 Å². The number of ether oxygens (including phenoxy) is 2. The average molecular weight is 1010 g/mol. The van der Waals surface area contributed by atoms with Gasteiger partial charge >= 0.3 is 0 Å². The highest BCUT2D eigenvalue weighted by atomic mass is 16.5. The Morgan fingerprint density at radius 3 is 0.987 bits per heavy atom. The molecule has 0 bridgehead atoms. The smallest absolute Gasteiger partial charge is 0.164 e. The third kappa shape index (κ3) is 7.07. The molecule has 8 heteroatoms. The Bertz CT molecular complexity index is 4240. The Morgan fingerprint density at radius 2 is 0.641 bits per heavy atom. The minimum absolute atomic E-state index is 0.617. The summed E-state index contributed by atoms with van der Waals surface area (Å²) in [5.41, 5.74) is 15.6. The molecule has 2 aliphatic heterocycles. The van der Waals surface area contributed by atoms with E-state index in [1.165, 1.54) is 0 Å². The number of rotatable bonds is 10. The molecule has 0 radical (unpaired) electrons. The summed E-state index contributed by atoms with van der Waals surface area (Å²) < 4.78 is 20.0. The fourth-order valence-electron chi connectivity index (χ4n) is 12.1. The highest BCUT2D eigenvalue weighted by Gasteiger charge is 2.33. The first-order valence-corrected chi connectivity index (χ1v) is 26.8. The number of nitrogens with zero attached hydrogens (tertiary/aromatic N) is 6. The van der Waals surface area contributed by atoms with Crippen molar-refractivity contribution in [3.8, 4) is 45.3 Å². The molecule has 0 atom stereocenters. The zero-order valence-corrected chi connectivity index (χ0v) is 43.0. The van der Waals surface area contributed by atoms with Gasteiger partial charge in [-0.25, -0.2) is 9.98 Å². The van der Waals surface area contributed by atoms with E-state index in [1.54, 1.807) is 0 Å². The number of fused-ring (bicyclic) bond motifs is 12. The van der Waals surface area contributed by atoms with E-state index in [0.29, 0.717) is 22.2 Å². The van der Waals surface area contributed by atoms with E-state index < -0.39 is 0 Å². The summed E-state index contributed by atoms with van der Waals surface area (Å²) in [4.78, 5) is 16.1. The number of aromatic nitrogens is 2. The first kappa shape index (κ1) is 45.2. The predicted molar refractivity (Wildman–Crippen MR) is 319 cm³/mol. The van der Waals surface area contributed by atoms with Crippen LogP contribution in [0.2, 0.25) is 0 Å². The Morgan fingerprint density at radius 1 is 0.321 bits per heavy atom. The van der Waals surface area contributed by atoms with Crippen LogP contribution in [0.1, 0.15) is 13.8 Å². The number of anilines is 6. The van der Waals surface area contributed by atoms with Gasteiger partial charge in [0.15, 0.2) is 23.0 Å². The molecule has 4 heterocycles. The number of para-hydroxylation sites is 6. The van der Waals surface area contributed by atoms with E-state index in [-0.39, 0.29) is 0 Å². The van der Waals surface area contributed by atoms with Crippen molar-refractivity contribution < 1.29 is 9.47 Å². The minimum Gasteiger partial charge on any atom is -0.451 e. The number of aryl methyl sites for hydroxylation is 2. The van der Waals surface area contributed by atoms with Gasteiger partial charge in [0.2, 0.25) is 0 Å². The van der Waals surface area contributed by atoms with Crippen LogP contribution < -0.4 is 30.0 Å². The van der Waals surface area contributed by atoms with Crippen LogP contribution >= 0.6 is 0 Å². The Labute approximate surface area is 450 Å². The van der Waals surface area contributed by atoms with Gasteiger partial charge in [-0.1, -0.05) is 133 Å². The molecule has 0 N–H and O–H groups in total.